The molecular formula is C36H44O10. The fraction of sp³-hybridized carbons (Fsp3) is 0.472. The first-order valence-electron chi connectivity index (χ1n) is 15.6. The highest BCUT2D eigenvalue weighted by Crippen LogP contribution is 2.40. The van der Waals surface area contributed by atoms with E-state index in [1.807, 2.05) is 37.3 Å². The highest BCUT2D eigenvalue weighted by Gasteiger charge is 2.51. The van der Waals surface area contributed by atoms with Gasteiger partial charge in [0.25, 0.3) is 0 Å². The maximum atomic E-state index is 13.3. The molecule has 1 aliphatic rings. The second-order valence-electron chi connectivity index (χ2n) is 11.3. The summed E-state index contributed by atoms with van der Waals surface area (Å²) in [6, 6.07) is 11.3. The molecule has 0 bridgehead atoms. The van der Waals surface area contributed by atoms with Gasteiger partial charge in [0.2, 0.25) is 0 Å². The molecule has 0 atom stereocenters. The van der Waals surface area contributed by atoms with Crippen LogP contribution >= 0.6 is 0 Å². The Morgan fingerprint density at radius 3 is 1.85 bits per heavy atom. The van der Waals surface area contributed by atoms with Gasteiger partial charge in [-0.25, -0.2) is 0 Å². The molecule has 0 N–H and O–H groups in total. The SMILES string of the molecule is CCOC(=O)C1(C(=O)OCC)C=C(C)c2cc(Cc3ccc(OC)c(CC(CC(C)=O)(C(=O)OCC)C(=O)OCC)c3)ccc2C1. The number of Topliss-reactive ketones (excluding diaryl/α,β-unsaturated/α-hetero) is 1. The molecule has 0 spiro atoms. The number of esters is 4. The standard InChI is InChI=1S/C36H44O10/c1-8-43-31(38)35(32(39)44-9-2)19-23(5)29-18-26(12-14-27(29)21-35)16-25-13-15-30(42-7)28(17-25)22-36(20-24(6)37,33(40)45-10-3)34(41)46-11-4/h12-15,17-19H,8-11,16,20-22H2,1-7H3. The summed E-state index contributed by atoms with van der Waals surface area (Å²) in [4.78, 5) is 65.0. The van der Waals surface area contributed by atoms with Gasteiger partial charge in [0.1, 0.15) is 11.5 Å². The predicted octanol–water partition coefficient (Wildman–Crippen LogP) is 4.99. The third-order valence-electron chi connectivity index (χ3n) is 7.94. The minimum absolute atomic E-state index is 0.0297. The highest BCUT2D eigenvalue weighted by atomic mass is 16.6. The Labute approximate surface area is 270 Å². The van der Waals surface area contributed by atoms with E-state index in [0.29, 0.717) is 17.7 Å². The normalized spacial score (nSPS) is 13.5. The van der Waals surface area contributed by atoms with Crippen LogP contribution in [-0.2, 0) is 62.2 Å². The first-order chi connectivity index (χ1) is 21.9. The molecule has 2 aromatic rings. The molecule has 0 saturated carbocycles. The molecule has 0 radical (unpaired) electrons. The number of hydrogen-bond acceptors (Lipinski definition) is 10. The van der Waals surface area contributed by atoms with Crippen molar-refractivity contribution in [3.8, 4) is 5.75 Å². The quantitative estimate of drug-likeness (QED) is 0.150. The molecule has 0 amide bonds. The fourth-order valence-corrected chi connectivity index (χ4v) is 5.96. The van der Waals surface area contributed by atoms with Gasteiger partial charge in [-0.1, -0.05) is 36.4 Å². The topological polar surface area (TPSA) is 132 Å². The molecule has 2 aromatic carbocycles. The monoisotopic (exact) mass is 636 g/mol. The van der Waals surface area contributed by atoms with Crippen molar-refractivity contribution in [2.75, 3.05) is 33.5 Å². The lowest BCUT2D eigenvalue weighted by atomic mass is 9.73. The number of hydrogen-bond donors (Lipinski definition) is 0. The first kappa shape index (κ1) is 36.0. The minimum atomic E-state index is -1.87. The van der Waals surface area contributed by atoms with Crippen LogP contribution in [0.4, 0.5) is 0 Å². The maximum absolute atomic E-state index is 13.3. The van der Waals surface area contributed by atoms with E-state index in [1.54, 1.807) is 39.8 Å². The van der Waals surface area contributed by atoms with Crippen LogP contribution in [-0.4, -0.2) is 63.2 Å². The molecule has 0 heterocycles. The third kappa shape index (κ3) is 7.66. The van der Waals surface area contributed by atoms with Crippen molar-refractivity contribution in [3.63, 3.8) is 0 Å². The van der Waals surface area contributed by atoms with E-state index in [9.17, 15) is 24.0 Å². The average molecular weight is 637 g/mol. The van der Waals surface area contributed by atoms with E-state index < -0.39 is 34.7 Å². The molecule has 0 aromatic heterocycles. The van der Waals surface area contributed by atoms with Gasteiger partial charge in [-0.3, -0.25) is 24.0 Å². The summed E-state index contributed by atoms with van der Waals surface area (Å²) in [6.07, 6.45) is 1.70. The van der Waals surface area contributed by atoms with Crippen molar-refractivity contribution in [1.29, 1.82) is 0 Å². The van der Waals surface area contributed by atoms with Gasteiger partial charge in [-0.2, -0.15) is 0 Å². The number of methoxy groups -OCH3 is 1. The van der Waals surface area contributed by atoms with Crippen LogP contribution in [0.3, 0.4) is 0 Å². The van der Waals surface area contributed by atoms with Crippen molar-refractivity contribution < 1.29 is 47.7 Å². The van der Waals surface area contributed by atoms with Crippen molar-refractivity contribution >= 4 is 35.2 Å². The Bertz CT molecular complexity index is 1470. The summed E-state index contributed by atoms with van der Waals surface area (Å²) in [7, 11) is 1.49. The van der Waals surface area contributed by atoms with Crippen LogP contribution in [0.15, 0.2) is 42.5 Å². The van der Waals surface area contributed by atoms with Crippen LogP contribution < -0.4 is 4.74 Å². The van der Waals surface area contributed by atoms with Gasteiger partial charge in [0.15, 0.2) is 10.8 Å². The third-order valence-corrected chi connectivity index (χ3v) is 7.94. The van der Waals surface area contributed by atoms with E-state index in [2.05, 4.69) is 0 Å². The lowest BCUT2D eigenvalue weighted by molar-refractivity contribution is -0.174. The molecule has 0 unspecified atom stereocenters. The highest BCUT2D eigenvalue weighted by molar-refractivity contribution is 6.05. The van der Waals surface area contributed by atoms with Gasteiger partial charge in [0.05, 0.1) is 33.5 Å². The van der Waals surface area contributed by atoms with Gasteiger partial charge in [-0.05, 0) is 87.4 Å². The van der Waals surface area contributed by atoms with E-state index >= 15 is 0 Å². The number of ketones is 1. The lowest BCUT2D eigenvalue weighted by Gasteiger charge is -2.32. The van der Waals surface area contributed by atoms with Crippen molar-refractivity contribution in [1.82, 2.24) is 0 Å². The molecule has 248 valence electrons. The second-order valence-corrected chi connectivity index (χ2v) is 11.3. The number of rotatable bonds is 15. The largest absolute Gasteiger partial charge is 0.496 e. The van der Waals surface area contributed by atoms with Crippen LogP contribution in [0.1, 0.15) is 75.8 Å². The summed E-state index contributed by atoms with van der Waals surface area (Å²) in [5, 5.41) is 0. The molecule has 0 fully saturated rings. The summed E-state index contributed by atoms with van der Waals surface area (Å²) in [6.45, 7) is 10.1. The Morgan fingerprint density at radius 2 is 1.33 bits per heavy atom. The van der Waals surface area contributed by atoms with Gasteiger partial charge < -0.3 is 23.7 Å². The summed E-state index contributed by atoms with van der Waals surface area (Å²) in [5.74, 6) is -2.84. The average Bonchev–Trinajstić information content (AvgIpc) is 3.01. The molecule has 0 aliphatic heterocycles. The summed E-state index contributed by atoms with van der Waals surface area (Å²) < 4.78 is 26.7. The van der Waals surface area contributed by atoms with Crippen LogP contribution in [0.25, 0.3) is 5.57 Å². The van der Waals surface area contributed by atoms with Crippen molar-refractivity contribution in [2.24, 2.45) is 10.8 Å². The number of allylic oxidation sites excluding steroid dienone is 1. The summed E-state index contributed by atoms with van der Waals surface area (Å²) >= 11 is 0. The number of carbonyl (C=O) groups is 5. The van der Waals surface area contributed by atoms with Crippen LogP contribution in [0.2, 0.25) is 0 Å². The Balaban J connectivity index is 2.02. The zero-order valence-electron chi connectivity index (χ0n) is 27.8. The van der Waals surface area contributed by atoms with E-state index in [1.165, 1.54) is 14.0 Å². The number of benzene rings is 2. The molecule has 46 heavy (non-hydrogen) atoms. The van der Waals surface area contributed by atoms with Gasteiger partial charge >= 0.3 is 23.9 Å². The molecular weight excluding hydrogens is 592 g/mol. The lowest BCUT2D eigenvalue weighted by Crippen LogP contribution is -2.45. The second kappa shape index (κ2) is 15.7. The van der Waals surface area contributed by atoms with E-state index in [0.717, 1.165) is 27.8 Å². The van der Waals surface area contributed by atoms with Gasteiger partial charge in [-0.15, -0.1) is 0 Å². The zero-order chi connectivity index (χ0) is 34.1. The Morgan fingerprint density at radius 1 is 0.783 bits per heavy atom. The first-order valence-corrected chi connectivity index (χ1v) is 15.6. The minimum Gasteiger partial charge on any atom is -0.496 e. The smallest absolute Gasteiger partial charge is 0.327 e. The van der Waals surface area contributed by atoms with E-state index in [4.69, 9.17) is 23.7 Å². The number of ether oxygens (including phenoxy) is 5. The maximum Gasteiger partial charge on any atom is 0.327 e. The van der Waals surface area contributed by atoms with Crippen molar-refractivity contribution in [2.45, 2.75) is 67.2 Å². The molecule has 10 heteroatoms. The molecule has 10 nitrogen and oxygen atoms in total. The van der Waals surface area contributed by atoms with Crippen LogP contribution in [0, 0.1) is 10.8 Å². The molecule has 1 aliphatic carbocycles. The number of fused-ring (bicyclic) bond motifs is 1. The van der Waals surface area contributed by atoms with Crippen LogP contribution in [0.5, 0.6) is 5.75 Å². The summed E-state index contributed by atoms with van der Waals surface area (Å²) in [5.41, 5.74) is 1.40. The van der Waals surface area contributed by atoms with Crippen molar-refractivity contribution in [3.05, 3.63) is 70.3 Å². The zero-order valence-corrected chi connectivity index (χ0v) is 27.8. The number of carbonyl (C=O) groups excluding carboxylic acids is 5. The predicted molar refractivity (Wildman–Crippen MR) is 170 cm³/mol. The fourth-order valence-electron chi connectivity index (χ4n) is 5.96. The van der Waals surface area contributed by atoms with E-state index in [-0.39, 0.29) is 51.5 Å². The molecule has 0 saturated heterocycles. The van der Waals surface area contributed by atoms with Gasteiger partial charge in [0, 0.05) is 19.3 Å². The molecule has 3 rings (SSSR count). The Hall–Kier alpha value is -4.47. The Kier molecular flexibility index (Phi) is 12.3.